The van der Waals surface area contributed by atoms with Gasteiger partial charge in [-0.1, -0.05) is 54.6 Å². The first kappa shape index (κ1) is 30.0. The molecule has 1 unspecified atom stereocenters. The summed E-state index contributed by atoms with van der Waals surface area (Å²) in [7, 11) is 2.09. The van der Waals surface area contributed by atoms with E-state index in [0.717, 1.165) is 32.4 Å². The lowest BCUT2D eigenvalue weighted by Gasteiger charge is -2.33. The van der Waals surface area contributed by atoms with Gasteiger partial charge in [0.2, 0.25) is 0 Å². The maximum atomic E-state index is 14.6. The lowest BCUT2D eigenvalue weighted by Crippen LogP contribution is -2.23. The van der Waals surface area contributed by atoms with Crippen LogP contribution in [0.5, 0.6) is 23.0 Å². The average Bonchev–Trinajstić information content (AvgIpc) is 2.99. The molecular weight excluding hydrogens is 555 g/mol. The van der Waals surface area contributed by atoms with Crippen molar-refractivity contribution in [3.63, 3.8) is 0 Å². The standard InChI is InChI=1S/C35H34F3NO4/c1-39(20-5-9-24-7-3-2-4-8-24)21-6-22-42-29-17-12-26(13-18-29)34-32(25-10-14-27(40)15-11-25)33(35(36,37)38)30-19-16-28(41)23-31(30)43-34/h2-4,7-8,10-19,23,34,40-41H,5-6,9,20-22H2,1H3. The second kappa shape index (κ2) is 13.3. The van der Waals surface area contributed by atoms with E-state index in [0.29, 0.717) is 17.9 Å². The molecule has 4 aromatic carbocycles. The summed E-state index contributed by atoms with van der Waals surface area (Å²) in [5, 5.41) is 19.8. The molecule has 5 nitrogen and oxygen atoms in total. The number of hydrogen-bond donors (Lipinski definition) is 2. The van der Waals surface area contributed by atoms with Crippen LogP contribution in [0.25, 0.3) is 11.1 Å². The number of aromatic hydroxyl groups is 2. The number of rotatable bonds is 11. The first-order valence-corrected chi connectivity index (χ1v) is 14.2. The Balaban J connectivity index is 1.27. The van der Waals surface area contributed by atoms with Gasteiger partial charge in [-0.3, -0.25) is 0 Å². The van der Waals surface area contributed by atoms with Crippen molar-refractivity contribution in [2.24, 2.45) is 0 Å². The van der Waals surface area contributed by atoms with Crippen molar-refractivity contribution >= 4 is 11.1 Å². The van der Waals surface area contributed by atoms with Crippen LogP contribution in [0.4, 0.5) is 13.2 Å². The molecule has 2 N–H and O–H groups in total. The molecule has 0 spiro atoms. The minimum absolute atomic E-state index is 0.0589. The van der Waals surface area contributed by atoms with E-state index in [9.17, 15) is 23.4 Å². The Morgan fingerprint density at radius 2 is 1.49 bits per heavy atom. The normalized spacial score (nSPS) is 14.9. The van der Waals surface area contributed by atoms with Crippen molar-refractivity contribution in [3.05, 3.63) is 119 Å². The SMILES string of the molecule is CN(CCCOc1ccc(C2Oc3cc(O)ccc3C(C(F)(F)F)=C2c2ccc(O)cc2)cc1)CCCc1ccccc1. The largest absolute Gasteiger partial charge is 0.508 e. The predicted octanol–water partition coefficient (Wildman–Crippen LogP) is 8.04. The van der Waals surface area contributed by atoms with Crippen LogP contribution in [0.1, 0.15) is 41.2 Å². The molecule has 224 valence electrons. The second-order valence-corrected chi connectivity index (χ2v) is 10.7. The van der Waals surface area contributed by atoms with E-state index in [4.69, 9.17) is 9.47 Å². The van der Waals surface area contributed by atoms with E-state index in [1.807, 2.05) is 6.07 Å². The lowest BCUT2D eigenvalue weighted by atomic mass is 9.85. The van der Waals surface area contributed by atoms with E-state index < -0.39 is 17.9 Å². The Morgan fingerprint density at radius 3 is 2.19 bits per heavy atom. The molecule has 0 fully saturated rings. The van der Waals surface area contributed by atoms with Gasteiger partial charge in [-0.05, 0) is 85.9 Å². The van der Waals surface area contributed by atoms with Crippen LogP contribution in [-0.2, 0) is 6.42 Å². The Hall–Kier alpha value is -4.43. The number of benzene rings is 4. The highest BCUT2D eigenvalue weighted by molar-refractivity contribution is 5.98. The third-order valence-corrected chi connectivity index (χ3v) is 7.46. The number of halogens is 3. The zero-order valence-corrected chi connectivity index (χ0v) is 23.8. The van der Waals surface area contributed by atoms with Crippen molar-refractivity contribution < 1.29 is 32.9 Å². The zero-order chi connectivity index (χ0) is 30.4. The average molecular weight is 590 g/mol. The van der Waals surface area contributed by atoms with Gasteiger partial charge < -0.3 is 24.6 Å². The molecule has 0 saturated heterocycles. The fourth-order valence-corrected chi connectivity index (χ4v) is 5.33. The quantitative estimate of drug-likeness (QED) is 0.174. The van der Waals surface area contributed by atoms with Crippen molar-refractivity contribution in [3.8, 4) is 23.0 Å². The highest BCUT2D eigenvalue weighted by Gasteiger charge is 2.44. The van der Waals surface area contributed by atoms with Gasteiger partial charge in [-0.15, -0.1) is 0 Å². The number of ether oxygens (including phenoxy) is 2. The number of allylic oxidation sites excluding steroid dienone is 1. The van der Waals surface area contributed by atoms with Crippen LogP contribution >= 0.6 is 0 Å². The Morgan fingerprint density at radius 1 is 0.814 bits per heavy atom. The number of fused-ring (bicyclic) bond motifs is 1. The van der Waals surface area contributed by atoms with Gasteiger partial charge in [0, 0.05) is 23.7 Å². The molecule has 0 aromatic heterocycles. The van der Waals surface area contributed by atoms with Crippen LogP contribution in [0.15, 0.2) is 97.1 Å². The molecule has 4 aromatic rings. The molecule has 5 rings (SSSR count). The predicted molar refractivity (Wildman–Crippen MR) is 161 cm³/mol. The van der Waals surface area contributed by atoms with Crippen LogP contribution < -0.4 is 9.47 Å². The smallest absolute Gasteiger partial charge is 0.417 e. The third-order valence-electron chi connectivity index (χ3n) is 7.46. The molecule has 0 aliphatic carbocycles. The van der Waals surface area contributed by atoms with Gasteiger partial charge in [0.05, 0.1) is 12.2 Å². The number of aryl methyl sites for hydroxylation is 1. The fourth-order valence-electron chi connectivity index (χ4n) is 5.33. The molecule has 1 aliphatic heterocycles. The van der Waals surface area contributed by atoms with Crippen LogP contribution in [0, 0.1) is 0 Å². The van der Waals surface area contributed by atoms with Crippen molar-refractivity contribution in [2.75, 3.05) is 26.7 Å². The summed E-state index contributed by atoms with van der Waals surface area (Å²) < 4.78 is 55.9. The minimum Gasteiger partial charge on any atom is -0.508 e. The van der Waals surface area contributed by atoms with Gasteiger partial charge in [0.1, 0.15) is 23.0 Å². The maximum absolute atomic E-state index is 14.6. The maximum Gasteiger partial charge on any atom is 0.417 e. The molecule has 0 bridgehead atoms. The molecule has 43 heavy (non-hydrogen) atoms. The lowest BCUT2D eigenvalue weighted by molar-refractivity contribution is -0.0695. The first-order chi connectivity index (χ1) is 20.7. The van der Waals surface area contributed by atoms with Crippen molar-refractivity contribution in [1.29, 1.82) is 0 Å². The fraction of sp³-hybridized carbons (Fsp3) is 0.257. The zero-order valence-electron chi connectivity index (χ0n) is 23.8. The highest BCUT2D eigenvalue weighted by atomic mass is 19.4. The van der Waals surface area contributed by atoms with Crippen molar-refractivity contribution in [2.45, 2.75) is 31.5 Å². The summed E-state index contributed by atoms with van der Waals surface area (Å²) in [6.45, 7) is 2.38. The van der Waals surface area contributed by atoms with Gasteiger partial charge >= 0.3 is 6.18 Å². The van der Waals surface area contributed by atoms with Gasteiger partial charge in [-0.2, -0.15) is 13.2 Å². The Bertz CT molecular complexity index is 1530. The third kappa shape index (κ3) is 7.51. The van der Waals surface area contributed by atoms with Gasteiger partial charge in [-0.25, -0.2) is 0 Å². The van der Waals surface area contributed by atoms with Crippen LogP contribution in [0.2, 0.25) is 0 Å². The summed E-state index contributed by atoms with van der Waals surface area (Å²) in [6, 6.07) is 26.4. The highest BCUT2D eigenvalue weighted by Crippen LogP contribution is 2.53. The van der Waals surface area contributed by atoms with Crippen LogP contribution in [-0.4, -0.2) is 48.0 Å². The molecular formula is C35H34F3NO4. The molecule has 0 radical (unpaired) electrons. The summed E-state index contributed by atoms with van der Waals surface area (Å²) in [5.41, 5.74) is 1.01. The van der Waals surface area contributed by atoms with E-state index in [1.54, 1.807) is 24.3 Å². The number of phenolic OH excluding ortho intramolecular Hbond substituents is 2. The number of phenols is 2. The van der Waals surface area contributed by atoms with E-state index in [-0.39, 0.29) is 33.9 Å². The minimum atomic E-state index is -4.71. The molecule has 1 atom stereocenters. The summed E-state index contributed by atoms with van der Waals surface area (Å²) in [5.74, 6) is 0.290. The molecule has 8 heteroatoms. The topological polar surface area (TPSA) is 62.2 Å². The summed E-state index contributed by atoms with van der Waals surface area (Å²) in [6.07, 6.45) is -2.88. The van der Waals surface area contributed by atoms with Gasteiger partial charge in [0.15, 0.2) is 6.10 Å². The molecule has 1 aliphatic rings. The van der Waals surface area contributed by atoms with Crippen molar-refractivity contribution in [1.82, 2.24) is 4.90 Å². The summed E-state index contributed by atoms with van der Waals surface area (Å²) >= 11 is 0. The van der Waals surface area contributed by atoms with E-state index in [1.165, 1.54) is 48.0 Å². The number of nitrogens with zero attached hydrogens (tertiary/aromatic N) is 1. The van der Waals surface area contributed by atoms with Gasteiger partial charge in [0.25, 0.3) is 0 Å². The van der Waals surface area contributed by atoms with E-state index in [2.05, 4.69) is 36.2 Å². The Kier molecular flexibility index (Phi) is 9.26. The first-order valence-electron chi connectivity index (χ1n) is 14.2. The number of alkyl halides is 3. The molecule has 0 amide bonds. The molecule has 1 heterocycles. The van der Waals surface area contributed by atoms with Crippen LogP contribution in [0.3, 0.4) is 0 Å². The Labute approximate surface area is 249 Å². The molecule has 0 saturated carbocycles. The monoisotopic (exact) mass is 589 g/mol. The number of hydrogen-bond acceptors (Lipinski definition) is 5. The second-order valence-electron chi connectivity index (χ2n) is 10.7. The van der Waals surface area contributed by atoms with E-state index >= 15 is 0 Å². The summed E-state index contributed by atoms with van der Waals surface area (Å²) in [4.78, 5) is 2.28.